The molecule has 27 heavy (non-hydrogen) atoms. The van der Waals surface area contributed by atoms with Gasteiger partial charge in [-0.3, -0.25) is 4.79 Å². The lowest BCUT2D eigenvalue weighted by Crippen LogP contribution is -2.62. The van der Waals surface area contributed by atoms with Crippen molar-refractivity contribution >= 4 is 35.1 Å². The minimum Gasteiger partial charge on any atom is -0.445 e. The molecule has 1 spiro atoms. The van der Waals surface area contributed by atoms with Crippen LogP contribution in [0.5, 0.6) is 0 Å². The van der Waals surface area contributed by atoms with Crippen molar-refractivity contribution in [2.24, 2.45) is 0 Å². The largest absolute Gasteiger partial charge is 0.445 e. The number of nitrogens with one attached hydrogen (secondary N) is 2. The zero-order valence-corrected chi connectivity index (χ0v) is 15.2. The predicted octanol–water partition coefficient (Wildman–Crippen LogP) is 2.67. The molecule has 0 aliphatic carbocycles. The molecular formula is C18H18ClN5O3. The van der Waals surface area contributed by atoms with Gasteiger partial charge < -0.3 is 20.3 Å². The number of aromatic nitrogens is 2. The van der Waals surface area contributed by atoms with Gasteiger partial charge in [-0.25, -0.2) is 4.79 Å². The second-order valence-corrected chi connectivity index (χ2v) is 7.04. The Hall–Kier alpha value is -2.87. The molecule has 1 fully saturated rings. The summed E-state index contributed by atoms with van der Waals surface area (Å²) < 4.78 is 5.41. The van der Waals surface area contributed by atoms with E-state index in [1.54, 1.807) is 11.0 Å². The third kappa shape index (κ3) is 3.52. The van der Waals surface area contributed by atoms with Gasteiger partial charge in [0.1, 0.15) is 12.1 Å². The second kappa shape index (κ2) is 7.03. The standard InChI is InChI=1S/C18H18ClN5O3/c19-14-9-13-15(23-22-14)20-16(25)18(21-13)7-4-8-24(11-18)17(26)27-10-12-5-2-1-3-6-12/h1-3,5-6,9,21H,4,7-8,10-11H2,(H,20,23,25). The van der Waals surface area contributed by atoms with Gasteiger partial charge in [-0.1, -0.05) is 41.9 Å². The second-order valence-electron chi connectivity index (χ2n) is 6.66. The van der Waals surface area contributed by atoms with Gasteiger partial charge in [-0.15, -0.1) is 10.2 Å². The molecule has 1 saturated heterocycles. The first-order valence-corrected chi connectivity index (χ1v) is 9.02. The molecular weight excluding hydrogens is 370 g/mol. The van der Waals surface area contributed by atoms with Crippen LogP contribution in [-0.4, -0.2) is 45.7 Å². The molecule has 8 nitrogen and oxygen atoms in total. The smallest absolute Gasteiger partial charge is 0.410 e. The van der Waals surface area contributed by atoms with Gasteiger partial charge in [0.15, 0.2) is 11.0 Å². The van der Waals surface area contributed by atoms with E-state index in [0.717, 1.165) is 5.56 Å². The third-order valence-electron chi connectivity index (χ3n) is 4.76. The molecule has 2 aromatic rings. The van der Waals surface area contributed by atoms with Crippen LogP contribution in [0.1, 0.15) is 18.4 Å². The van der Waals surface area contributed by atoms with Crippen LogP contribution in [0.15, 0.2) is 36.4 Å². The molecule has 140 valence electrons. The lowest BCUT2D eigenvalue weighted by atomic mass is 9.86. The Balaban J connectivity index is 1.47. The summed E-state index contributed by atoms with van der Waals surface area (Å²) >= 11 is 5.91. The van der Waals surface area contributed by atoms with Crippen molar-refractivity contribution in [2.75, 3.05) is 23.7 Å². The number of amides is 2. The van der Waals surface area contributed by atoms with Crippen LogP contribution in [0.25, 0.3) is 0 Å². The van der Waals surface area contributed by atoms with Crippen molar-refractivity contribution in [2.45, 2.75) is 25.0 Å². The van der Waals surface area contributed by atoms with E-state index in [1.165, 1.54) is 0 Å². The fraction of sp³-hybridized carbons (Fsp3) is 0.333. The fourth-order valence-corrected chi connectivity index (χ4v) is 3.55. The van der Waals surface area contributed by atoms with Crippen LogP contribution < -0.4 is 10.6 Å². The minimum atomic E-state index is -0.941. The number of halogens is 1. The van der Waals surface area contributed by atoms with E-state index in [0.29, 0.717) is 30.9 Å². The summed E-state index contributed by atoms with van der Waals surface area (Å²) in [5.41, 5.74) is 0.561. The number of anilines is 2. The Morgan fingerprint density at radius 3 is 2.93 bits per heavy atom. The van der Waals surface area contributed by atoms with E-state index in [1.807, 2.05) is 30.3 Å². The van der Waals surface area contributed by atoms with Gasteiger partial charge in [-0.05, 0) is 18.4 Å². The Bertz CT molecular complexity index is 879. The first kappa shape index (κ1) is 17.5. The Labute approximate surface area is 160 Å². The van der Waals surface area contributed by atoms with Crippen LogP contribution in [0.4, 0.5) is 16.3 Å². The number of hydrogen-bond donors (Lipinski definition) is 2. The summed E-state index contributed by atoms with van der Waals surface area (Å²) in [5, 5.41) is 13.8. The Kier molecular flexibility index (Phi) is 4.57. The number of carbonyl (C=O) groups is 2. The van der Waals surface area contributed by atoms with Gasteiger partial charge in [0, 0.05) is 12.6 Å². The maximum Gasteiger partial charge on any atom is 0.410 e. The van der Waals surface area contributed by atoms with Crippen LogP contribution in [0, 0.1) is 0 Å². The molecule has 9 heteroatoms. The Morgan fingerprint density at radius 2 is 2.11 bits per heavy atom. The molecule has 1 atom stereocenters. The van der Waals surface area contributed by atoms with E-state index in [2.05, 4.69) is 20.8 Å². The zero-order valence-electron chi connectivity index (χ0n) is 14.4. The van der Waals surface area contributed by atoms with Crippen LogP contribution >= 0.6 is 11.6 Å². The zero-order chi connectivity index (χ0) is 18.9. The van der Waals surface area contributed by atoms with Gasteiger partial charge >= 0.3 is 6.09 Å². The van der Waals surface area contributed by atoms with E-state index in [4.69, 9.17) is 16.3 Å². The molecule has 0 radical (unpaired) electrons. The molecule has 1 aromatic heterocycles. The molecule has 0 saturated carbocycles. The highest BCUT2D eigenvalue weighted by molar-refractivity contribution is 6.29. The monoisotopic (exact) mass is 387 g/mol. The predicted molar refractivity (Wildman–Crippen MR) is 99.5 cm³/mol. The number of carbonyl (C=O) groups excluding carboxylic acids is 2. The lowest BCUT2D eigenvalue weighted by molar-refractivity contribution is -0.122. The van der Waals surface area contributed by atoms with Crippen molar-refractivity contribution in [3.63, 3.8) is 0 Å². The number of likely N-dealkylation sites (tertiary alicyclic amines) is 1. The number of fused-ring (bicyclic) bond motifs is 1. The maximum atomic E-state index is 12.7. The summed E-state index contributed by atoms with van der Waals surface area (Å²) in [7, 11) is 0. The number of nitrogens with zero attached hydrogens (tertiary/aromatic N) is 3. The summed E-state index contributed by atoms with van der Waals surface area (Å²) in [6.45, 7) is 0.926. The summed E-state index contributed by atoms with van der Waals surface area (Å²) in [6, 6.07) is 11.1. The molecule has 2 aliphatic heterocycles. The Morgan fingerprint density at radius 1 is 1.30 bits per heavy atom. The van der Waals surface area contributed by atoms with Crippen LogP contribution in [0.2, 0.25) is 5.15 Å². The van der Waals surface area contributed by atoms with Crippen molar-refractivity contribution in [3.05, 3.63) is 47.1 Å². The summed E-state index contributed by atoms with van der Waals surface area (Å²) in [5.74, 6) is 0.0889. The molecule has 1 aromatic carbocycles. The van der Waals surface area contributed by atoms with E-state index < -0.39 is 11.6 Å². The first-order valence-electron chi connectivity index (χ1n) is 8.64. The lowest BCUT2D eigenvalue weighted by Gasteiger charge is -2.44. The molecule has 3 heterocycles. The number of piperidine rings is 1. The van der Waals surface area contributed by atoms with E-state index >= 15 is 0 Å². The van der Waals surface area contributed by atoms with Crippen LogP contribution in [0.3, 0.4) is 0 Å². The quantitative estimate of drug-likeness (QED) is 0.822. The molecule has 2 N–H and O–H groups in total. The fourth-order valence-electron chi connectivity index (χ4n) is 3.41. The highest BCUT2D eigenvalue weighted by atomic mass is 35.5. The third-order valence-corrected chi connectivity index (χ3v) is 4.95. The van der Waals surface area contributed by atoms with Gasteiger partial charge in [-0.2, -0.15) is 0 Å². The highest BCUT2D eigenvalue weighted by Gasteiger charge is 2.47. The number of hydrogen-bond acceptors (Lipinski definition) is 6. The minimum absolute atomic E-state index is 0.191. The van der Waals surface area contributed by atoms with Crippen molar-refractivity contribution < 1.29 is 14.3 Å². The molecule has 2 amide bonds. The number of benzene rings is 1. The van der Waals surface area contributed by atoms with E-state index in [9.17, 15) is 9.59 Å². The SMILES string of the molecule is O=C(OCc1ccccc1)N1CCCC2(C1)Nc1cc(Cl)nnc1NC2=O. The van der Waals surface area contributed by atoms with E-state index in [-0.39, 0.29) is 24.2 Å². The number of rotatable bonds is 2. The first-order chi connectivity index (χ1) is 13.1. The molecule has 0 bridgehead atoms. The van der Waals surface area contributed by atoms with Crippen LogP contribution in [-0.2, 0) is 16.1 Å². The topological polar surface area (TPSA) is 96.4 Å². The maximum absolute atomic E-state index is 12.7. The number of ether oxygens (including phenoxy) is 1. The van der Waals surface area contributed by atoms with Crippen molar-refractivity contribution in [1.29, 1.82) is 0 Å². The average Bonchev–Trinajstić information content (AvgIpc) is 2.68. The normalized spacial score (nSPS) is 21.2. The van der Waals surface area contributed by atoms with Gasteiger partial charge in [0.2, 0.25) is 0 Å². The average molecular weight is 388 g/mol. The van der Waals surface area contributed by atoms with Crippen molar-refractivity contribution in [1.82, 2.24) is 15.1 Å². The van der Waals surface area contributed by atoms with Gasteiger partial charge in [0.05, 0.1) is 12.2 Å². The highest BCUT2D eigenvalue weighted by Crippen LogP contribution is 2.35. The molecule has 2 aliphatic rings. The summed E-state index contributed by atoms with van der Waals surface area (Å²) in [6.07, 6.45) is 0.813. The molecule has 1 unspecified atom stereocenters. The summed E-state index contributed by atoms with van der Waals surface area (Å²) in [4.78, 5) is 26.8. The van der Waals surface area contributed by atoms with Crippen molar-refractivity contribution in [3.8, 4) is 0 Å². The van der Waals surface area contributed by atoms with Gasteiger partial charge in [0.25, 0.3) is 5.91 Å². The molecule has 4 rings (SSSR count).